The molecule has 18 heavy (non-hydrogen) atoms. The highest BCUT2D eigenvalue weighted by Gasteiger charge is 2.22. The smallest absolute Gasteiger partial charge is 0.305 e. The van der Waals surface area contributed by atoms with E-state index in [2.05, 4.69) is 20.3 Å². The van der Waals surface area contributed by atoms with Gasteiger partial charge in [-0.25, -0.2) is 0 Å². The van der Waals surface area contributed by atoms with Gasteiger partial charge in [0.1, 0.15) is 0 Å². The number of hydrogen-bond donors (Lipinski definition) is 2. The first-order chi connectivity index (χ1) is 8.65. The molecule has 0 aromatic heterocycles. The number of methoxy groups -OCH3 is 1. The summed E-state index contributed by atoms with van der Waals surface area (Å²) in [7, 11) is 3.31. The van der Waals surface area contributed by atoms with E-state index in [9.17, 15) is 9.59 Å². The number of likely N-dealkylation sites (tertiary alicyclic amines) is 1. The molecule has 0 aromatic carbocycles. The summed E-state index contributed by atoms with van der Waals surface area (Å²) in [5.74, 6) is -0.211. The third kappa shape index (κ3) is 5.46. The molecule has 0 aromatic rings. The van der Waals surface area contributed by atoms with Crippen LogP contribution in [0.25, 0.3) is 0 Å². The molecule has 0 radical (unpaired) electrons. The van der Waals surface area contributed by atoms with Crippen molar-refractivity contribution in [3.63, 3.8) is 0 Å². The minimum atomic E-state index is -0.236. The van der Waals surface area contributed by atoms with Crippen molar-refractivity contribution in [2.24, 2.45) is 0 Å². The lowest BCUT2D eigenvalue weighted by atomic mass is 10.3. The van der Waals surface area contributed by atoms with Crippen molar-refractivity contribution in [3.8, 4) is 0 Å². The van der Waals surface area contributed by atoms with Crippen LogP contribution < -0.4 is 10.6 Å². The molecule has 1 fully saturated rings. The van der Waals surface area contributed by atoms with Crippen LogP contribution in [0.1, 0.15) is 19.3 Å². The van der Waals surface area contributed by atoms with E-state index in [1.165, 1.54) is 7.11 Å². The van der Waals surface area contributed by atoms with Crippen LogP contribution in [0.5, 0.6) is 0 Å². The van der Waals surface area contributed by atoms with E-state index >= 15 is 0 Å². The molecule has 0 spiro atoms. The normalized spacial score (nSPS) is 19.8. The Morgan fingerprint density at radius 3 is 2.83 bits per heavy atom. The number of carbonyl (C=O) groups excluding carboxylic acids is 2. The number of rotatable bonds is 7. The van der Waals surface area contributed by atoms with Crippen LogP contribution in [0.2, 0.25) is 0 Å². The maximum absolute atomic E-state index is 11.6. The van der Waals surface area contributed by atoms with Crippen LogP contribution >= 0.6 is 0 Å². The average molecular weight is 257 g/mol. The Balaban J connectivity index is 2.06. The largest absolute Gasteiger partial charge is 0.469 e. The number of likely N-dealkylation sites (N-methyl/N-ethyl adjacent to an activating group) is 1. The lowest BCUT2D eigenvalue weighted by molar-refractivity contribution is -0.140. The van der Waals surface area contributed by atoms with Gasteiger partial charge in [-0.1, -0.05) is 0 Å². The lowest BCUT2D eigenvalue weighted by Gasteiger charge is -2.15. The molecule has 1 atom stereocenters. The number of carbonyl (C=O) groups is 2. The zero-order valence-electron chi connectivity index (χ0n) is 11.2. The molecule has 0 aliphatic carbocycles. The molecular weight excluding hydrogens is 234 g/mol. The SMILES string of the molecule is CNC1CCN(CC(=O)NCCCC(=O)OC)C1. The van der Waals surface area contributed by atoms with Gasteiger partial charge in [0.25, 0.3) is 0 Å². The molecule has 1 unspecified atom stereocenters. The first-order valence-electron chi connectivity index (χ1n) is 6.39. The van der Waals surface area contributed by atoms with Crippen molar-refractivity contribution in [1.29, 1.82) is 0 Å². The maximum atomic E-state index is 11.6. The van der Waals surface area contributed by atoms with Gasteiger partial charge in [0, 0.05) is 32.1 Å². The van der Waals surface area contributed by atoms with Crippen LogP contribution in [0.4, 0.5) is 0 Å². The van der Waals surface area contributed by atoms with E-state index in [1.54, 1.807) is 0 Å². The van der Waals surface area contributed by atoms with Gasteiger partial charge in [-0.2, -0.15) is 0 Å². The van der Waals surface area contributed by atoms with Crippen LogP contribution in [0.15, 0.2) is 0 Å². The Morgan fingerprint density at radius 1 is 1.44 bits per heavy atom. The molecule has 104 valence electrons. The molecule has 1 aliphatic rings. The Labute approximate surface area is 108 Å². The second kappa shape index (κ2) is 8.05. The van der Waals surface area contributed by atoms with E-state index in [0.29, 0.717) is 32.0 Å². The van der Waals surface area contributed by atoms with E-state index < -0.39 is 0 Å². The third-order valence-corrected chi connectivity index (χ3v) is 3.16. The van der Waals surface area contributed by atoms with Gasteiger partial charge in [-0.05, 0) is 19.9 Å². The Hall–Kier alpha value is -1.14. The summed E-state index contributed by atoms with van der Waals surface area (Å²) in [6, 6.07) is 0.497. The standard InChI is InChI=1S/C12H23N3O3/c1-13-10-5-7-15(8-10)9-11(16)14-6-3-4-12(17)18-2/h10,13H,3-9H2,1-2H3,(H,14,16). The highest BCUT2D eigenvalue weighted by molar-refractivity contribution is 5.78. The number of amides is 1. The van der Waals surface area contributed by atoms with Crippen LogP contribution in [0, 0.1) is 0 Å². The molecule has 1 aliphatic heterocycles. The molecule has 0 saturated carbocycles. The highest BCUT2D eigenvalue weighted by atomic mass is 16.5. The van der Waals surface area contributed by atoms with Gasteiger partial charge in [-0.3, -0.25) is 14.5 Å². The summed E-state index contributed by atoms with van der Waals surface area (Å²) < 4.78 is 4.52. The predicted octanol–water partition coefficient (Wildman–Crippen LogP) is -0.650. The van der Waals surface area contributed by atoms with Crippen molar-refractivity contribution in [1.82, 2.24) is 15.5 Å². The molecular formula is C12H23N3O3. The number of nitrogens with one attached hydrogen (secondary N) is 2. The number of hydrogen-bond acceptors (Lipinski definition) is 5. The van der Waals surface area contributed by atoms with Gasteiger partial charge in [-0.15, -0.1) is 0 Å². The molecule has 2 N–H and O–H groups in total. The second-order valence-corrected chi connectivity index (χ2v) is 4.54. The molecule has 1 heterocycles. The Bertz CT molecular complexity index is 284. The van der Waals surface area contributed by atoms with Gasteiger partial charge >= 0.3 is 5.97 Å². The van der Waals surface area contributed by atoms with Gasteiger partial charge < -0.3 is 15.4 Å². The Kier molecular flexibility index (Phi) is 6.67. The van der Waals surface area contributed by atoms with E-state index in [1.807, 2.05) is 7.05 Å². The predicted molar refractivity (Wildman–Crippen MR) is 68.2 cm³/mol. The summed E-state index contributed by atoms with van der Waals surface area (Å²) in [5.41, 5.74) is 0. The molecule has 6 nitrogen and oxygen atoms in total. The fraction of sp³-hybridized carbons (Fsp3) is 0.833. The molecule has 1 saturated heterocycles. The average Bonchev–Trinajstić information content (AvgIpc) is 2.81. The summed E-state index contributed by atoms with van der Waals surface area (Å²) in [5, 5.41) is 6.03. The Morgan fingerprint density at radius 2 is 2.22 bits per heavy atom. The highest BCUT2D eigenvalue weighted by Crippen LogP contribution is 2.07. The monoisotopic (exact) mass is 257 g/mol. The van der Waals surface area contributed by atoms with Gasteiger partial charge in [0.15, 0.2) is 0 Å². The number of esters is 1. The van der Waals surface area contributed by atoms with E-state index in [0.717, 1.165) is 19.5 Å². The van der Waals surface area contributed by atoms with Crippen LogP contribution in [0.3, 0.4) is 0 Å². The molecule has 1 amide bonds. The minimum Gasteiger partial charge on any atom is -0.469 e. The number of ether oxygens (including phenoxy) is 1. The molecule has 1 rings (SSSR count). The van der Waals surface area contributed by atoms with E-state index in [-0.39, 0.29) is 11.9 Å². The first kappa shape index (κ1) is 14.9. The van der Waals surface area contributed by atoms with Crippen molar-refractivity contribution >= 4 is 11.9 Å². The first-order valence-corrected chi connectivity index (χ1v) is 6.39. The summed E-state index contributed by atoms with van der Waals surface area (Å²) in [6.45, 7) is 2.85. The quantitative estimate of drug-likeness (QED) is 0.468. The van der Waals surface area contributed by atoms with Crippen molar-refractivity contribution in [2.45, 2.75) is 25.3 Å². The fourth-order valence-electron chi connectivity index (χ4n) is 2.03. The van der Waals surface area contributed by atoms with Crippen LogP contribution in [-0.4, -0.2) is 63.2 Å². The topological polar surface area (TPSA) is 70.7 Å². The summed E-state index contributed by atoms with van der Waals surface area (Å²) in [6.07, 6.45) is 2.06. The van der Waals surface area contributed by atoms with Crippen molar-refractivity contribution < 1.29 is 14.3 Å². The second-order valence-electron chi connectivity index (χ2n) is 4.54. The third-order valence-electron chi connectivity index (χ3n) is 3.16. The van der Waals surface area contributed by atoms with Crippen LogP contribution in [-0.2, 0) is 14.3 Å². The zero-order chi connectivity index (χ0) is 13.4. The summed E-state index contributed by atoms with van der Waals surface area (Å²) in [4.78, 5) is 24.6. The zero-order valence-corrected chi connectivity index (χ0v) is 11.2. The fourth-order valence-corrected chi connectivity index (χ4v) is 2.03. The molecule has 0 bridgehead atoms. The van der Waals surface area contributed by atoms with Gasteiger partial charge in [0.05, 0.1) is 13.7 Å². The van der Waals surface area contributed by atoms with E-state index in [4.69, 9.17) is 0 Å². The summed E-state index contributed by atoms with van der Waals surface area (Å²) >= 11 is 0. The maximum Gasteiger partial charge on any atom is 0.305 e. The van der Waals surface area contributed by atoms with Crippen molar-refractivity contribution in [3.05, 3.63) is 0 Å². The minimum absolute atomic E-state index is 0.0246. The van der Waals surface area contributed by atoms with Crippen molar-refractivity contribution in [2.75, 3.05) is 40.3 Å². The van der Waals surface area contributed by atoms with Gasteiger partial charge in [0.2, 0.25) is 5.91 Å². The lowest BCUT2D eigenvalue weighted by Crippen LogP contribution is -2.38. The molecule has 6 heteroatoms. The number of nitrogens with zero attached hydrogens (tertiary/aromatic N) is 1.